The number of carbonyl (C=O) groups excluding carboxylic acids is 1. The summed E-state index contributed by atoms with van der Waals surface area (Å²) in [4.78, 5) is 11.7. The zero-order valence-electron chi connectivity index (χ0n) is 9.58. The molecule has 16 heavy (non-hydrogen) atoms. The number of furan rings is 1. The third-order valence-electron chi connectivity index (χ3n) is 3.18. The fraction of sp³-hybridized carbons (Fsp3) is 0.583. The fourth-order valence-corrected chi connectivity index (χ4v) is 1.84. The highest BCUT2D eigenvalue weighted by Crippen LogP contribution is 2.28. The van der Waals surface area contributed by atoms with E-state index in [1.165, 1.54) is 0 Å². The van der Waals surface area contributed by atoms with Crippen molar-refractivity contribution in [3.63, 3.8) is 0 Å². The Morgan fingerprint density at radius 3 is 2.81 bits per heavy atom. The maximum atomic E-state index is 11.7. The first kappa shape index (κ1) is 11.2. The predicted octanol–water partition coefficient (Wildman–Crippen LogP) is 1.45. The molecular weight excluding hydrogens is 204 g/mol. The molecule has 1 aliphatic carbocycles. The molecule has 1 aliphatic rings. The van der Waals surface area contributed by atoms with E-state index in [2.05, 4.69) is 5.32 Å². The van der Waals surface area contributed by atoms with Crippen molar-refractivity contribution in [2.75, 3.05) is 6.54 Å². The molecule has 1 amide bonds. The second-order valence-electron chi connectivity index (χ2n) is 4.52. The average molecular weight is 222 g/mol. The molecule has 4 nitrogen and oxygen atoms in total. The summed E-state index contributed by atoms with van der Waals surface area (Å²) in [7, 11) is 0. The number of nitrogens with one attached hydrogen (secondary N) is 1. The van der Waals surface area contributed by atoms with Gasteiger partial charge in [-0.2, -0.15) is 0 Å². The number of nitrogens with two attached hydrogens (primary N) is 1. The van der Waals surface area contributed by atoms with Crippen molar-refractivity contribution < 1.29 is 9.21 Å². The van der Waals surface area contributed by atoms with Gasteiger partial charge in [0, 0.05) is 18.5 Å². The molecule has 0 radical (unpaired) electrons. The van der Waals surface area contributed by atoms with Crippen LogP contribution in [-0.2, 0) is 6.42 Å². The number of aryl methyl sites for hydroxylation is 1. The number of hydrogen-bond acceptors (Lipinski definition) is 3. The van der Waals surface area contributed by atoms with Crippen LogP contribution in [0.2, 0.25) is 0 Å². The number of rotatable bonds is 4. The number of hydrogen-bond donors (Lipinski definition) is 2. The van der Waals surface area contributed by atoms with Gasteiger partial charge >= 0.3 is 0 Å². The van der Waals surface area contributed by atoms with E-state index in [0.717, 1.165) is 31.4 Å². The largest absolute Gasteiger partial charge is 0.456 e. The van der Waals surface area contributed by atoms with Crippen LogP contribution in [0, 0.1) is 0 Å². The van der Waals surface area contributed by atoms with Crippen LogP contribution in [0.15, 0.2) is 16.5 Å². The molecule has 1 aromatic rings. The molecule has 0 aromatic carbocycles. The van der Waals surface area contributed by atoms with Gasteiger partial charge in [0.1, 0.15) is 5.76 Å². The van der Waals surface area contributed by atoms with E-state index in [-0.39, 0.29) is 11.4 Å². The topological polar surface area (TPSA) is 68.3 Å². The molecule has 0 atom stereocenters. The van der Waals surface area contributed by atoms with Crippen molar-refractivity contribution >= 4 is 5.91 Å². The van der Waals surface area contributed by atoms with Crippen molar-refractivity contribution in [3.05, 3.63) is 23.7 Å². The van der Waals surface area contributed by atoms with Crippen molar-refractivity contribution in [1.82, 2.24) is 5.32 Å². The molecule has 0 bridgehead atoms. The molecule has 88 valence electrons. The minimum atomic E-state index is -0.185. The van der Waals surface area contributed by atoms with Gasteiger partial charge in [0.25, 0.3) is 5.91 Å². The van der Waals surface area contributed by atoms with Gasteiger partial charge in [0.2, 0.25) is 0 Å². The van der Waals surface area contributed by atoms with E-state index < -0.39 is 0 Å². The third kappa shape index (κ3) is 2.27. The lowest BCUT2D eigenvalue weighted by molar-refractivity contribution is 0.0900. The van der Waals surface area contributed by atoms with Crippen molar-refractivity contribution in [2.24, 2.45) is 5.73 Å². The molecule has 3 N–H and O–H groups in total. The van der Waals surface area contributed by atoms with Gasteiger partial charge in [0.15, 0.2) is 5.76 Å². The zero-order valence-corrected chi connectivity index (χ0v) is 9.58. The van der Waals surface area contributed by atoms with Gasteiger partial charge in [0.05, 0.1) is 0 Å². The lowest BCUT2D eigenvalue weighted by Gasteiger charge is -2.37. The number of carbonyl (C=O) groups is 1. The monoisotopic (exact) mass is 222 g/mol. The molecule has 1 saturated carbocycles. The molecule has 0 aliphatic heterocycles. The Hall–Kier alpha value is -1.29. The van der Waals surface area contributed by atoms with Crippen LogP contribution in [0.3, 0.4) is 0 Å². The summed E-state index contributed by atoms with van der Waals surface area (Å²) in [6.45, 7) is 2.53. The maximum Gasteiger partial charge on any atom is 0.287 e. The van der Waals surface area contributed by atoms with E-state index in [1.807, 2.05) is 13.0 Å². The normalized spacial score (nSPS) is 17.9. The lowest BCUT2D eigenvalue weighted by Crippen LogP contribution is -2.54. The standard InChI is InChI=1S/C12H18N2O2/c1-2-9-4-5-10(16-9)11(15)14-8-12(13)6-3-7-12/h4-5H,2-3,6-8,13H2,1H3,(H,14,15). The molecule has 4 heteroatoms. The van der Waals surface area contributed by atoms with Crippen LogP contribution in [0.4, 0.5) is 0 Å². The third-order valence-corrected chi connectivity index (χ3v) is 3.18. The Morgan fingerprint density at radius 1 is 1.56 bits per heavy atom. The van der Waals surface area contributed by atoms with E-state index in [9.17, 15) is 4.79 Å². The molecule has 2 rings (SSSR count). The van der Waals surface area contributed by atoms with Gasteiger partial charge < -0.3 is 15.5 Å². The summed E-state index contributed by atoms with van der Waals surface area (Å²) in [6, 6.07) is 3.54. The highest BCUT2D eigenvalue weighted by Gasteiger charge is 2.32. The predicted molar refractivity (Wildman–Crippen MR) is 61.2 cm³/mol. The van der Waals surface area contributed by atoms with Crippen molar-refractivity contribution in [3.8, 4) is 0 Å². The summed E-state index contributed by atoms with van der Waals surface area (Å²) in [5.74, 6) is 1.03. The van der Waals surface area contributed by atoms with Crippen LogP contribution in [-0.4, -0.2) is 18.0 Å². The molecule has 0 unspecified atom stereocenters. The van der Waals surface area contributed by atoms with Crippen LogP contribution < -0.4 is 11.1 Å². The smallest absolute Gasteiger partial charge is 0.287 e. The Bertz CT molecular complexity index is 380. The zero-order chi connectivity index (χ0) is 11.6. The minimum Gasteiger partial charge on any atom is -0.456 e. The molecular formula is C12H18N2O2. The Kier molecular flexibility index (Phi) is 3.01. The summed E-state index contributed by atoms with van der Waals surface area (Å²) in [6.07, 6.45) is 3.94. The molecule has 1 heterocycles. The average Bonchev–Trinajstić information content (AvgIpc) is 2.71. The Morgan fingerprint density at radius 2 is 2.31 bits per heavy atom. The minimum absolute atomic E-state index is 0.170. The fourth-order valence-electron chi connectivity index (χ4n) is 1.84. The van der Waals surface area contributed by atoms with Gasteiger partial charge in [-0.25, -0.2) is 0 Å². The van der Waals surface area contributed by atoms with Gasteiger partial charge in [-0.1, -0.05) is 6.92 Å². The highest BCUT2D eigenvalue weighted by atomic mass is 16.3. The van der Waals surface area contributed by atoms with E-state index >= 15 is 0 Å². The summed E-state index contributed by atoms with van der Waals surface area (Å²) >= 11 is 0. The van der Waals surface area contributed by atoms with E-state index in [0.29, 0.717) is 12.3 Å². The van der Waals surface area contributed by atoms with Crippen molar-refractivity contribution in [2.45, 2.75) is 38.1 Å². The molecule has 0 saturated heterocycles. The summed E-state index contributed by atoms with van der Waals surface area (Å²) in [5.41, 5.74) is 5.83. The lowest BCUT2D eigenvalue weighted by atomic mass is 9.78. The van der Waals surface area contributed by atoms with Gasteiger partial charge in [-0.3, -0.25) is 4.79 Å². The van der Waals surface area contributed by atoms with Gasteiger partial charge in [-0.15, -0.1) is 0 Å². The first-order chi connectivity index (χ1) is 7.63. The molecule has 0 spiro atoms. The first-order valence-electron chi connectivity index (χ1n) is 5.79. The SMILES string of the molecule is CCc1ccc(C(=O)NCC2(N)CCC2)o1. The van der Waals surface area contributed by atoms with Crippen LogP contribution in [0.25, 0.3) is 0 Å². The summed E-state index contributed by atoms with van der Waals surface area (Å²) in [5, 5.41) is 2.82. The van der Waals surface area contributed by atoms with Crippen LogP contribution in [0.1, 0.15) is 42.5 Å². The van der Waals surface area contributed by atoms with Gasteiger partial charge in [-0.05, 0) is 31.4 Å². The second kappa shape index (κ2) is 4.29. The maximum absolute atomic E-state index is 11.7. The first-order valence-corrected chi connectivity index (χ1v) is 5.79. The number of amides is 1. The second-order valence-corrected chi connectivity index (χ2v) is 4.52. The summed E-state index contributed by atoms with van der Waals surface area (Å²) < 4.78 is 5.36. The Balaban J connectivity index is 1.87. The molecule has 1 aromatic heterocycles. The van der Waals surface area contributed by atoms with E-state index in [1.54, 1.807) is 6.07 Å². The Labute approximate surface area is 95.2 Å². The molecule has 1 fully saturated rings. The van der Waals surface area contributed by atoms with Crippen molar-refractivity contribution in [1.29, 1.82) is 0 Å². The quantitative estimate of drug-likeness (QED) is 0.810. The highest BCUT2D eigenvalue weighted by molar-refractivity contribution is 5.91. The van der Waals surface area contributed by atoms with E-state index in [4.69, 9.17) is 10.2 Å². The van der Waals surface area contributed by atoms with Crippen LogP contribution >= 0.6 is 0 Å². The van der Waals surface area contributed by atoms with Crippen LogP contribution in [0.5, 0.6) is 0 Å².